The van der Waals surface area contributed by atoms with Crippen LogP contribution in [-0.2, 0) is 4.74 Å². The molecule has 1 aliphatic carbocycles. The zero-order valence-electron chi connectivity index (χ0n) is 7.51. The topological polar surface area (TPSA) is 49.8 Å². The van der Waals surface area contributed by atoms with Gasteiger partial charge >= 0.3 is 6.09 Å². The van der Waals surface area contributed by atoms with E-state index in [1.807, 2.05) is 12.2 Å². The summed E-state index contributed by atoms with van der Waals surface area (Å²) in [4.78, 5) is 12.9. The molecule has 1 N–H and O–H groups in total. The van der Waals surface area contributed by atoms with Crippen LogP contribution in [0.1, 0.15) is 6.42 Å². The number of rotatable bonds is 0. The third-order valence-corrected chi connectivity index (χ3v) is 2.77. The highest BCUT2D eigenvalue weighted by Crippen LogP contribution is 2.30. The highest BCUT2D eigenvalue weighted by atomic mass is 16.5. The number of hydrogen-bond donors (Lipinski definition) is 1. The second-order valence-electron chi connectivity index (χ2n) is 3.54. The van der Waals surface area contributed by atoms with Crippen LogP contribution >= 0.6 is 0 Å². The molecule has 3 rings (SSSR count). The summed E-state index contributed by atoms with van der Waals surface area (Å²) in [6.07, 6.45) is 3.99. The largest absolute Gasteiger partial charge is 0.453 e. The number of aliphatic hydroxyl groups is 1. The Kier molecular flexibility index (Phi) is 2.00. The predicted octanol–water partition coefficient (Wildman–Crippen LogP) is 0.374. The van der Waals surface area contributed by atoms with Crippen molar-refractivity contribution in [2.45, 2.75) is 18.6 Å². The molecule has 4 heteroatoms. The maximum atomic E-state index is 11.3. The lowest BCUT2D eigenvalue weighted by Gasteiger charge is -2.42. The number of hydrogen-bond acceptors (Lipinski definition) is 3. The maximum absolute atomic E-state index is 11.3. The van der Waals surface area contributed by atoms with Crippen molar-refractivity contribution in [1.82, 2.24) is 4.90 Å². The average Bonchev–Trinajstić information content (AvgIpc) is 2.17. The van der Waals surface area contributed by atoms with Gasteiger partial charge in [-0.25, -0.2) is 4.79 Å². The number of piperidine rings is 1. The van der Waals surface area contributed by atoms with Crippen LogP contribution < -0.4 is 0 Å². The molecule has 2 bridgehead atoms. The fourth-order valence-electron chi connectivity index (χ4n) is 2.00. The molecule has 0 unspecified atom stereocenters. The smallest absolute Gasteiger partial charge is 0.409 e. The van der Waals surface area contributed by atoms with Crippen molar-refractivity contribution in [2.75, 3.05) is 13.7 Å². The summed E-state index contributed by atoms with van der Waals surface area (Å²) in [5, 5.41) is 9.54. The second-order valence-corrected chi connectivity index (χ2v) is 3.54. The maximum Gasteiger partial charge on any atom is 0.409 e. The standard InChI is InChI=1S/C9H13NO3/c1-13-9(12)10-5-6-2-3-7(10)4-8(6)11/h2-3,6-8,11H,4-5H2,1H3/t6-,7-,8-/m1/s1. The van der Waals surface area contributed by atoms with Gasteiger partial charge in [-0.05, 0) is 6.42 Å². The summed E-state index contributed by atoms with van der Waals surface area (Å²) in [7, 11) is 1.38. The lowest BCUT2D eigenvalue weighted by molar-refractivity contribution is 0.0144. The molecule has 0 saturated carbocycles. The van der Waals surface area contributed by atoms with Gasteiger partial charge < -0.3 is 14.7 Å². The van der Waals surface area contributed by atoms with Gasteiger partial charge in [0.05, 0.1) is 19.3 Å². The molecular formula is C9H13NO3. The third-order valence-electron chi connectivity index (χ3n) is 2.77. The molecule has 3 atom stereocenters. The SMILES string of the molecule is COC(=O)N1C[C@H]2C=C[C@@H]1C[C@H]2O. The van der Waals surface area contributed by atoms with Crippen molar-refractivity contribution >= 4 is 6.09 Å². The van der Waals surface area contributed by atoms with E-state index in [1.165, 1.54) is 7.11 Å². The fraction of sp³-hybridized carbons (Fsp3) is 0.667. The van der Waals surface area contributed by atoms with E-state index in [2.05, 4.69) is 4.74 Å². The van der Waals surface area contributed by atoms with Crippen LogP contribution in [0.3, 0.4) is 0 Å². The van der Waals surface area contributed by atoms with Crippen molar-refractivity contribution in [1.29, 1.82) is 0 Å². The molecule has 4 nitrogen and oxygen atoms in total. The summed E-state index contributed by atoms with van der Waals surface area (Å²) < 4.78 is 4.65. The number of ether oxygens (including phenoxy) is 1. The van der Waals surface area contributed by atoms with Gasteiger partial charge in [-0.2, -0.15) is 0 Å². The zero-order valence-corrected chi connectivity index (χ0v) is 7.51. The van der Waals surface area contributed by atoms with Gasteiger partial charge in [0.15, 0.2) is 0 Å². The van der Waals surface area contributed by atoms with E-state index < -0.39 is 0 Å². The number of carbonyl (C=O) groups excluding carboxylic acids is 1. The van der Waals surface area contributed by atoms with Crippen LogP contribution in [-0.4, -0.2) is 41.9 Å². The number of aliphatic hydroxyl groups excluding tert-OH is 1. The van der Waals surface area contributed by atoms with E-state index in [1.54, 1.807) is 4.90 Å². The van der Waals surface area contributed by atoms with Gasteiger partial charge in [0.2, 0.25) is 0 Å². The Morgan fingerprint density at radius 1 is 1.62 bits per heavy atom. The first kappa shape index (κ1) is 8.56. The van der Waals surface area contributed by atoms with Crippen LogP contribution in [0.2, 0.25) is 0 Å². The van der Waals surface area contributed by atoms with Crippen LogP contribution in [0.4, 0.5) is 4.79 Å². The minimum absolute atomic E-state index is 0.0208. The van der Waals surface area contributed by atoms with Gasteiger partial charge in [-0.1, -0.05) is 12.2 Å². The van der Waals surface area contributed by atoms with Crippen molar-refractivity contribution in [3.8, 4) is 0 Å². The molecule has 13 heavy (non-hydrogen) atoms. The summed E-state index contributed by atoms with van der Waals surface area (Å²) in [6, 6.07) is 0.0208. The third kappa shape index (κ3) is 1.31. The number of fused-ring (bicyclic) bond motifs is 2. The first-order valence-electron chi connectivity index (χ1n) is 4.43. The second kappa shape index (κ2) is 3.03. The molecule has 1 amide bonds. The van der Waals surface area contributed by atoms with E-state index >= 15 is 0 Å². The lowest BCUT2D eigenvalue weighted by atomic mass is 9.84. The quantitative estimate of drug-likeness (QED) is 0.552. The number of amides is 1. The molecule has 0 aromatic carbocycles. The van der Waals surface area contributed by atoms with Crippen molar-refractivity contribution in [3.63, 3.8) is 0 Å². The average molecular weight is 183 g/mol. The Hall–Kier alpha value is -1.03. The minimum Gasteiger partial charge on any atom is -0.453 e. The predicted molar refractivity (Wildman–Crippen MR) is 46.2 cm³/mol. The number of carbonyl (C=O) groups is 1. The van der Waals surface area contributed by atoms with Gasteiger partial charge in [-0.3, -0.25) is 0 Å². The summed E-state index contributed by atoms with van der Waals surface area (Å²) in [5.74, 6) is 0.0871. The van der Waals surface area contributed by atoms with Gasteiger partial charge in [-0.15, -0.1) is 0 Å². The molecule has 2 aliphatic heterocycles. The molecule has 1 fully saturated rings. The molecule has 72 valence electrons. The van der Waals surface area contributed by atoms with E-state index in [0.29, 0.717) is 13.0 Å². The molecule has 0 spiro atoms. The van der Waals surface area contributed by atoms with Crippen molar-refractivity contribution in [3.05, 3.63) is 12.2 Å². The highest BCUT2D eigenvalue weighted by Gasteiger charge is 2.38. The van der Waals surface area contributed by atoms with Crippen molar-refractivity contribution in [2.24, 2.45) is 5.92 Å². The monoisotopic (exact) mass is 183 g/mol. The Bertz CT molecular complexity index is 251. The highest BCUT2D eigenvalue weighted by molar-refractivity contribution is 5.68. The van der Waals surface area contributed by atoms with E-state index in [-0.39, 0.29) is 24.2 Å². The molecular weight excluding hydrogens is 170 g/mol. The molecule has 0 radical (unpaired) electrons. The van der Waals surface area contributed by atoms with Gasteiger partial charge in [0, 0.05) is 12.5 Å². The Labute approximate surface area is 76.8 Å². The van der Waals surface area contributed by atoms with Gasteiger partial charge in [0.1, 0.15) is 0 Å². The number of nitrogens with zero attached hydrogens (tertiary/aromatic N) is 1. The summed E-state index contributed by atoms with van der Waals surface area (Å²) >= 11 is 0. The molecule has 2 heterocycles. The Balaban J connectivity index is 2.13. The van der Waals surface area contributed by atoms with E-state index in [9.17, 15) is 9.90 Å². The molecule has 3 aliphatic rings. The molecule has 0 aromatic rings. The van der Waals surface area contributed by atoms with Crippen LogP contribution in [0.25, 0.3) is 0 Å². The normalized spacial score (nSPS) is 36.5. The minimum atomic E-state index is -0.300. The van der Waals surface area contributed by atoms with Gasteiger partial charge in [0.25, 0.3) is 0 Å². The number of methoxy groups -OCH3 is 1. The lowest BCUT2D eigenvalue weighted by Crippen LogP contribution is -2.53. The first-order chi connectivity index (χ1) is 6.22. The molecule has 0 aromatic heterocycles. The van der Waals surface area contributed by atoms with Crippen LogP contribution in [0.5, 0.6) is 0 Å². The Morgan fingerprint density at radius 2 is 2.38 bits per heavy atom. The van der Waals surface area contributed by atoms with Crippen molar-refractivity contribution < 1.29 is 14.6 Å². The van der Waals surface area contributed by atoms with Crippen LogP contribution in [0, 0.1) is 5.92 Å². The summed E-state index contributed by atoms with van der Waals surface area (Å²) in [6.45, 7) is 0.578. The van der Waals surface area contributed by atoms with Crippen LogP contribution in [0.15, 0.2) is 12.2 Å². The zero-order chi connectivity index (χ0) is 9.42. The van der Waals surface area contributed by atoms with E-state index in [0.717, 1.165) is 0 Å². The first-order valence-corrected chi connectivity index (χ1v) is 4.43. The molecule has 1 saturated heterocycles. The Morgan fingerprint density at radius 3 is 2.85 bits per heavy atom. The fourth-order valence-corrected chi connectivity index (χ4v) is 2.00. The van der Waals surface area contributed by atoms with E-state index in [4.69, 9.17) is 0 Å². The summed E-state index contributed by atoms with van der Waals surface area (Å²) in [5.41, 5.74) is 0.